The highest BCUT2D eigenvalue weighted by Crippen LogP contribution is 2.12. The number of rotatable bonds is 5. The first kappa shape index (κ1) is 16.9. The quantitative estimate of drug-likeness (QED) is 0.751. The molecule has 1 rings (SSSR count). The summed E-state index contributed by atoms with van der Waals surface area (Å²) < 4.78 is 5.35. The summed E-state index contributed by atoms with van der Waals surface area (Å²) in [6.45, 7) is 6.33. The zero-order valence-electron chi connectivity index (χ0n) is 12.9. The summed E-state index contributed by atoms with van der Waals surface area (Å²) >= 11 is 0. The molecule has 0 aromatic rings. The van der Waals surface area contributed by atoms with E-state index in [4.69, 9.17) is 4.74 Å². The Labute approximate surface area is 120 Å². The lowest BCUT2D eigenvalue weighted by Gasteiger charge is -2.30. The van der Waals surface area contributed by atoms with E-state index in [1.165, 1.54) is 4.90 Å². The van der Waals surface area contributed by atoms with Crippen LogP contribution in [0.2, 0.25) is 0 Å². The van der Waals surface area contributed by atoms with Gasteiger partial charge in [-0.1, -0.05) is 0 Å². The average Bonchev–Trinajstić information content (AvgIpc) is 2.29. The predicted molar refractivity (Wildman–Crippen MR) is 74.9 cm³/mol. The number of piperidine rings is 1. The summed E-state index contributed by atoms with van der Waals surface area (Å²) in [4.78, 5) is 26.7. The maximum Gasteiger partial charge on any atom is 0.242 e. The number of aliphatic hydroxyl groups excluding tert-OH is 1. The van der Waals surface area contributed by atoms with E-state index in [9.17, 15) is 14.7 Å². The molecule has 6 heteroatoms. The van der Waals surface area contributed by atoms with Crippen LogP contribution in [0.1, 0.15) is 40.0 Å². The maximum absolute atomic E-state index is 12.0. The number of likely N-dealkylation sites (tertiary alicyclic amines) is 1. The highest BCUT2D eigenvalue weighted by atomic mass is 16.6. The molecule has 1 heterocycles. The van der Waals surface area contributed by atoms with Crippen LogP contribution >= 0.6 is 0 Å². The van der Waals surface area contributed by atoms with Crippen molar-refractivity contribution in [1.29, 1.82) is 0 Å². The summed E-state index contributed by atoms with van der Waals surface area (Å²) in [7, 11) is 1.60. The second-order valence-electron chi connectivity index (χ2n) is 6.23. The number of nitrogens with zero attached hydrogens (tertiary/aromatic N) is 2. The normalized spacial score (nSPS) is 18.1. The van der Waals surface area contributed by atoms with Crippen LogP contribution in [0.5, 0.6) is 0 Å². The summed E-state index contributed by atoms with van der Waals surface area (Å²) in [5.74, 6) is -0.152. The zero-order chi connectivity index (χ0) is 15.3. The van der Waals surface area contributed by atoms with Crippen molar-refractivity contribution < 1.29 is 19.4 Å². The molecule has 1 aliphatic rings. The van der Waals surface area contributed by atoms with Crippen molar-refractivity contribution >= 4 is 11.8 Å². The van der Waals surface area contributed by atoms with Crippen LogP contribution in [-0.4, -0.2) is 65.3 Å². The number of hydrogen-bond donors (Lipinski definition) is 1. The number of aliphatic hydroxyl groups is 1. The predicted octanol–water partition coefficient (Wildman–Crippen LogP) is 0.591. The van der Waals surface area contributed by atoms with Crippen molar-refractivity contribution in [1.82, 2.24) is 9.80 Å². The molecule has 1 N–H and O–H groups in total. The van der Waals surface area contributed by atoms with Gasteiger partial charge in [0.2, 0.25) is 11.8 Å². The van der Waals surface area contributed by atoms with Crippen LogP contribution in [0.3, 0.4) is 0 Å². The molecule has 1 unspecified atom stereocenters. The van der Waals surface area contributed by atoms with Gasteiger partial charge in [-0.05, 0) is 33.6 Å². The Bertz CT molecular complexity index is 352. The van der Waals surface area contributed by atoms with Gasteiger partial charge >= 0.3 is 0 Å². The first-order valence-corrected chi connectivity index (χ1v) is 7.06. The number of likely N-dealkylation sites (N-methyl/N-ethyl adjacent to an activating group) is 1. The lowest BCUT2D eigenvalue weighted by atomic mass is 10.1. The van der Waals surface area contributed by atoms with E-state index in [-0.39, 0.29) is 24.9 Å². The molecule has 1 aliphatic heterocycles. The minimum Gasteiger partial charge on any atom is -0.366 e. The number of carbonyl (C=O) groups excluding carboxylic acids is 2. The van der Waals surface area contributed by atoms with E-state index >= 15 is 0 Å². The molecule has 2 amide bonds. The van der Waals surface area contributed by atoms with Crippen molar-refractivity contribution in [2.75, 3.05) is 26.7 Å². The molecule has 20 heavy (non-hydrogen) atoms. The van der Waals surface area contributed by atoms with Gasteiger partial charge in [0.05, 0.1) is 18.7 Å². The van der Waals surface area contributed by atoms with Crippen molar-refractivity contribution in [3.63, 3.8) is 0 Å². The lowest BCUT2D eigenvalue weighted by Crippen LogP contribution is -2.46. The molecule has 1 fully saturated rings. The fraction of sp³-hybridized carbons (Fsp3) is 0.857. The maximum atomic E-state index is 12.0. The van der Waals surface area contributed by atoms with E-state index in [1.54, 1.807) is 11.9 Å². The first-order chi connectivity index (χ1) is 9.19. The lowest BCUT2D eigenvalue weighted by molar-refractivity contribution is -0.176. The minimum absolute atomic E-state index is 0.0319. The topological polar surface area (TPSA) is 70.1 Å². The summed E-state index contributed by atoms with van der Waals surface area (Å²) in [5.41, 5.74) is -0.466. The number of carbonyl (C=O) groups is 2. The number of ether oxygens (including phenoxy) is 1. The first-order valence-electron chi connectivity index (χ1n) is 7.06. The Morgan fingerprint density at radius 1 is 1.45 bits per heavy atom. The van der Waals surface area contributed by atoms with E-state index < -0.39 is 11.9 Å². The van der Waals surface area contributed by atoms with Gasteiger partial charge in [0.15, 0.2) is 6.29 Å². The van der Waals surface area contributed by atoms with Gasteiger partial charge in [-0.25, -0.2) is 0 Å². The fourth-order valence-corrected chi connectivity index (χ4v) is 2.09. The largest absolute Gasteiger partial charge is 0.366 e. The Hall–Kier alpha value is -1.14. The van der Waals surface area contributed by atoms with E-state index in [2.05, 4.69) is 0 Å². The van der Waals surface area contributed by atoms with Crippen LogP contribution in [0.4, 0.5) is 0 Å². The zero-order valence-corrected chi connectivity index (χ0v) is 12.9. The van der Waals surface area contributed by atoms with Crippen LogP contribution in [0, 0.1) is 0 Å². The summed E-state index contributed by atoms with van der Waals surface area (Å²) in [6, 6.07) is 0. The molecular weight excluding hydrogens is 260 g/mol. The van der Waals surface area contributed by atoms with E-state index in [0.29, 0.717) is 13.0 Å². The standard InChI is InChI=1S/C14H26N2O4/c1-14(2,3)20-13(19)10-15(4)12(18)9-16-8-6-5-7-11(16)17/h13,19H,5-10H2,1-4H3. The third-order valence-electron chi connectivity index (χ3n) is 3.09. The van der Waals surface area contributed by atoms with Crippen molar-refractivity contribution in [3.8, 4) is 0 Å². The molecular formula is C14H26N2O4. The monoisotopic (exact) mass is 286 g/mol. The molecule has 1 atom stereocenters. The van der Waals surface area contributed by atoms with Crippen molar-refractivity contribution in [2.45, 2.75) is 51.9 Å². The third kappa shape index (κ3) is 5.88. The molecule has 0 bridgehead atoms. The van der Waals surface area contributed by atoms with Crippen LogP contribution in [0.25, 0.3) is 0 Å². The molecule has 0 aromatic heterocycles. The van der Waals surface area contributed by atoms with Crippen LogP contribution in [-0.2, 0) is 14.3 Å². The fourth-order valence-electron chi connectivity index (χ4n) is 2.09. The second kappa shape index (κ2) is 7.04. The van der Waals surface area contributed by atoms with Crippen molar-refractivity contribution in [2.24, 2.45) is 0 Å². The number of amides is 2. The van der Waals surface area contributed by atoms with Crippen LogP contribution in [0.15, 0.2) is 0 Å². The van der Waals surface area contributed by atoms with Gasteiger partial charge in [-0.15, -0.1) is 0 Å². The molecule has 0 aromatic carbocycles. The van der Waals surface area contributed by atoms with Gasteiger partial charge < -0.3 is 19.6 Å². The Morgan fingerprint density at radius 3 is 2.65 bits per heavy atom. The van der Waals surface area contributed by atoms with Gasteiger partial charge in [-0.3, -0.25) is 9.59 Å². The molecule has 0 saturated carbocycles. The smallest absolute Gasteiger partial charge is 0.242 e. The van der Waals surface area contributed by atoms with Gasteiger partial charge in [0.1, 0.15) is 0 Å². The van der Waals surface area contributed by atoms with Crippen molar-refractivity contribution in [3.05, 3.63) is 0 Å². The second-order valence-corrected chi connectivity index (χ2v) is 6.23. The SMILES string of the molecule is CN(CC(O)OC(C)(C)C)C(=O)CN1CCCCC1=O. The Kier molecular flexibility index (Phi) is 5.95. The molecule has 0 spiro atoms. The third-order valence-corrected chi connectivity index (χ3v) is 3.09. The summed E-state index contributed by atoms with van der Waals surface area (Å²) in [5, 5.41) is 9.77. The highest BCUT2D eigenvalue weighted by Gasteiger charge is 2.24. The average molecular weight is 286 g/mol. The molecule has 0 aliphatic carbocycles. The molecule has 116 valence electrons. The number of hydrogen-bond acceptors (Lipinski definition) is 4. The minimum atomic E-state index is -1.03. The van der Waals surface area contributed by atoms with Gasteiger partial charge in [-0.2, -0.15) is 0 Å². The van der Waals surface area contributed by atoms with Gasteiger partial charge in [0, 0.05) is 20.0 Å². The summed E-state index contributed by atoms with van der Waals surface area (Å²) in [6.07, 6.45) is 1.34. The van der Waals surface area contributed by atoms with Gasteiger partial charge in [0.25, 0.3) is 0 Å². The molecule has 1 saturated heterocycles. The van der Waals surface area contributed by atoms with Crippen LogP contribution < -0.4 is 0 Å². The molecule has 6 nitrogen and oxygen atoms in total. The highest BCUT2D eigenvalue weighted by molar-refractivity contribution is 5.85. The van der Waals surface area contributed by atoms with E-state index in [0.717, 1.165) is 12.8 Å². The molecule has 0 radical (unpaired) electrons. The van der Waals surface area contributed by atoms with E-state index in [1.807, 2.05) is 20.8 Å². The Balaban J connectivity index is 2.40. The Morgan fingerprint density at radius 2 is 2.10 bits per heavy atom.